The Bertz CT molecular complexity index is 192. The highest BCUT2D eigenvalue weighted by atomic mass is 32.2. The molecule has 1 heterocycles. The summed E-state index contributed by atoms with van der Waals surface area (Å²) >= 11 is 1.87. The fourth-order valence-corrected chi connectivity index (χ4v) is 3.76. The first kappa shape index (κ1) is 14.3. The van der Waals surface area contributed by atoms with Gasteiger partial charge in [0.25, 0.3) is 0 Å². The quantitative estimate of drug-likeness (QED) is 0.723. The Morgan fingerprint density at radius 3 is 2.69 bits per heavy atom. The third-order valence-electron chi connectivity index (χ3n) is 3.65. The van der Waals surface area contributed by atoms with Gasteiger partial charge >= 0.3 is 0 Å². The van der Waals surface area contributed by atoms with E-state index >= 15 is 0 Å². The average Bonchev–Trinajstić information content (AvgIpc) is 2.67. The molecule has 1 saturated heterocycles. The number of rotatable bonds is 7. The molecule has 0 radical (unpaired) electrons. The summed E-state index contributed by atoms with van der Waals surface area (Å²) < 4.78 is 0. The molecule has 0 spiro atoms. The fraction of sp³-hybridized carbons (Fsp3) is 1.00. The Labute approximate surface area is 105 Å². The molecule has 0 aromatic heterocycles. The highest BCUT2D eigenvalue weighted by Gasteiger charge is 2.32. The number of hydrogen-bond donors (Lipinski definition) is 2. The van der Waals surface area contributed by atoms with E-state index in [-0.39, 0.29) is 0 Å². The summed E-state index contributed by atoms with van der Waals surface area (Å²) in [5.41, 5.74) is -0.440. The van der Waals surface area contributed by atoms with Crippen LogP contribution in [-0.4, -0.2) is 34.8 Å². The summed E-state index contributed by atoms with van der Waals surface area (Å²) in [5.74, 6) is 2.73. The first-order chi connectivity index (χ1) is 7.61. The molecule has 1 aliphatic heterocycles. The number of hydrogen-bond acceptors (Lipinski definition) is 3. The van der Waals surface area contributed by atoms with E-state index in [0.717, 1.165) is 30.9 Å². The molecule has 2 N–H and O–H groups in total. The molecule has 3 atom stereocenters. The monoisotopic (exact) mass is 245 g/mol. The average molecular weight is 245 g/mol. The smallest absolute Gasteiger partial charge is 0.0869 e. The highest BCUT2D eigenvalue weighted by molar-refractivity contribution is 7.99. The SMILES string of the molecule is CCCC(C)C(CC)NCC1(O)CCSC1. The van der Waals surface area contributed by atoms with Crippen LogP contribution in [0.4, 0.5) is 0 Å². The van der Waals surface area contributed by atoms with Crippen LogP contribution in [0.25, 0.3) is 0 Å². The van der Waals surface area contributed by atoms with Gasteiger partial charge in [0.15, 0.2) is 0 Å². The van der Waals surface area contributed by atoms with Crippen LogP contribution >= 0.6 is 11.8 Å². The first-order valence-corrected chi connectivity index (χ1v) is 7.80. The van der Waals surface area contributed by atoms with Gasteiger partial charge in [-0.15, -0.1) is 0 Å². The molecule has 3 unspecified atom stereocenters. The lowest BCUT2D eigenvalue weighted by atomic mass is 9.93. The van der Waals surface area contributed by atoms with Crippen LogP contribution in [0.15, 0.2) is 0 Å². The normalized spacial score (nSPS) is 29.2. The van der Waals surface area contributed by atoms with Gasteiger partial charge in [0.2, 0.25) is 0 Å². The van der Waals surface area contributed by atoms with E-state index < -0.39 is 5.60 Å². The van der Waals surface area contributed by atoms with Crippen molar-refractivity contribution in [3.05, 3.63) is 0 Å². The Balaban J connectivity index is 2.32. The predicted octanol–water partition coefficient (Wildman–Crippen LogP) is 2.66. The molecular weight excluding hydrogens is 218 g/mol. The van der Waals surface area contributed by atoms with Crippen molar-refractivity contribution < 1.29 is 5.11 Å². The molecule has 0 saturated carbocycles. The van der Waals surface area contributed by atoms with E-state index in [9.17, 15) is 5.11 Å². The summed E-state index contributed by atoms with van der Waals surface area (Å²) in [5, 5.41) is 13.8. The van der Waals surface area contributed by atoms with E-state index in [0.29, 0.717) is 12.0 Å². The van der Waals surface area contributed by atoms with Crippen molar-refractivity contribution in [3.63, 3.8) is 0 Å². The number of thioether (sulfide) groups is 1. The zero-order valence-electron chi connectivity index (χ0n) is 11.0. The van der Waals surface area contributed by atoms with E-state index in [1.165, 1.54) is 12.8 Å². The highest BCUT2D eigenvalue weighted by Crippen LogP contribution is 2.27. The molecule has 3 heteroatoms. The second kappa shape index (κ2) is 6.87. The second-order valence-electron chi connectivity index (χ2n) is 5.19. The van der Waals surface area contributed by atoms with E-state index in [4.69, 9.17) is 0 Å². The van der Waals surface area contributed by atoms with Crippen molar-refractivity contribution >= 4 is 11.8 Å². The van der Waals surface area contributed by atoms with Gasteiger partial charge in [0.05, 0.1) is 5.60 Å². The molecule has 0 aliphatic carbocycles. The molecule has 0 aromatic rings. The fourth-order valence-electron chi connectivity index (χ4n) is 2.46. The van der Waals surface area contributed by atoms with Gasteiger partial charge in [0.1, 0.15) is 0 Å². The minimum atomic E-state index is -0.440. The second-order valence-corrected chi connectivity index (χ2v) is 6.29. The van der Waals surface area contributed by atoms with E-state index in [1.807, 2.05) is 11.8 Å². The summed E-state index contributed by atoms with van der Waals surface area (Å²) in [4.78, 5) is 0. The minimum absolute atomic E-state index is 0.440. The summed E-state index contributed by atoms with van der Waals surface area (Å²) in [6, 6.07) is 0.564. The minimum Gasteiger partial charge on any atom is -0.388 e. The topological polar surface area (TPSA) is 32.3 Å². The zero-order valence-corrected chi connectivity index (χ0v) is 11.8. The van der Waals surface area contributed by atoms with Gasteiger partial charge in [-0.25, -0.2) is 0 Å². The third-order valence-corrected chi connectivity index (χ3v) is 4.88. The standard InChI is InChI=1S/C13H27NOS/c1-4-6-11(3)12(5-2)14-9-13(15)7-8-16-10-13/h11-12,14-15H,4-10H2,1-3H3. The third kappa shape index (κ3) is 4.27. The van der Waals surface area contributed by atoms with Crippen LogP contribution in [0.3, 0.4) is 0 Å². The van der Waals surface area contributed by atoms with Crippen molar-refractivity contribution in [2.24, 2.45) is 5.92 Å². The lowest BCUT2D eigenvalue weighted by Gasteiger charge is -2.29. The van der Waals surface area contributed by atoms with Gasteiger partial charge in [0, 0.05) is 18.3 Å². The van der Waals surface area contributed by atoms with Crippen molar-refractivity contribution in [1.29, 1.82) is 0 Å². The molecule has 0 bridgehead atoms. The summed E-state index contributed by atoms with van der Waals surface area (Å²) in [6.07, 6.45) is 4.63. The van der Waals surface area contributed by atoms with Gasteiger partial charge < -0.3 is 10.4 Å². The molecule has 1 rings (SSSR count). The van der Waals surface area contributed by atoms with Crippen LogP contribution < -0.4 is 5.32 Å². The van der Waals surface area contributed by atoms with Crippen LogP contribution in [0, 0.1) is 5.92 Å². The Kier molecular flexibility index (Phi) is 6.16. The molecule has 16 heavy (non-hydrogen) atoms. The van der Waals surface area contributed by atoms with Gasteiger partial charge in [-0.1, -0.05) is 27.2 Å². The van der Waals surface area contributed by atoms with Crippen LogP contribution in [0.1, 0.15) is 46.5 Å². The van der Waals surface area contributed by atoms with Crippen molar-refractivity contribution in [2.75, 3.05) is 18.1 Å². The lowest BCUT2D eigenvalue weighted by molar-refractivity contribution is 0.0617. The Morgan fingerprint density at radius 2 is 2.19 bits per heavy atom. The van der Waals surface area contributed by atoms with Gasteiger partial charge in [-0.3, -0.25) is 0 Å². The maximum absolute atomic E-state index is 10.3. The molecule has 0 amide bonds. The summed E-state index contributed by atoms with van der Waals surface area (Å²) in [7, 11) is 0. The molecule has 1 fully saturated rings. The van der Waals surface area contributed by atoms with E-state index in [1.54, 1.807) is 0 Å². The van der Waals surface area contributed by atoms with Crippen molar-refractivity contribution in [3.8, 4) is 0 Å². The largest absolute Gasteiger partial charge is 0.388 e. The Hall–Kier alpha value is 0.270. The van der Waals surface area contributed by atoms with Crippen LogP contribution in [0.2, 0.25) is 0 Å². The van der Waals surface area contributed by atoms with E-state index in [2.05, 4.69) is 26.1 Å². The van der Waals surface area contributed by atoms with Crippen molar-refractivity contribution in [1.82, 2.24) is 5.32 Å². The van der Waals surface area contributed by atoms with Crippen molar-refractivity contribution in [2.45, 2.75) is 58.1 Å². The van der Waals surface area contributed by atoms with Gasteiger partial charge in [-0.2, -0.15) is 11.8 Å². The summed E-state index contributed by atoms with van der Waals surface area (Å²) in [6.45, 7) is 7.56. The predicted molar refractivity (Wildman–Crippen MR) is 73.0 cm³/mol. The molecule has 2 nitrogen and oxygen atoms in total. The number of nitrogens with one attached hydrogen (secondary N) is 1. The Morgan fingerprint density at radius 1 is 1.44 bits per heavy atom. The number of aliphatic hydroxyl groups is 1. The van der Waals surface area contributed by atoms with Gasteiger partial charge in [-0.05, 0) is 30.9 Å². The lowest BCUT2D eigenvalue weighted by Crippen LogP contribution is -2.46. The maximum atomic E-state index is 10.3. The molecule has 0 aromatic carbocycles. The zero-order chi connectivity index (χ0) is 12.0. The molecule has 96 valence electrons. The first-order valence-electron chi connectivity index (χ1n) is 6.65. The van der Waals surface area contributed by atoms with Crippen LogP contribution in [-0.2, 0) is 0 Å². The maximum Gasteiger partial charge on any atom is 0.0869 e. The molecular formula is C13H27NOS. The van der Waals surface area contributed by atoms with Crippen LogP contribution in [0.5, 0.6) is 0 Å². The molecule has 1 aliphatic rings.